The summed E-state index contributed by atoms with van der Waals surface area (Å²) in [7, 11) is 1.56. The third-order valence-corrected chi connectivity index (χ3v) is 6.91. The van der Waals surface area contributed by atoms with E-state index in [0.29, 0.717) is 35.0 Å². The predicted octanol–water partition coefficient (Wildman–Crippen LogP) is 4.51. The lowest BCUT2D eigenvalue weighted by molar-refractivity contribution is -0.142. The first-order valence-corrected chi connectivity index (χ1v) is 13.5. The molecule has 2 heterocycles. The molecule has 2 N–H and O–H groups in total. The average Bonchev–Trinajstić information content (AvgIpc) is 3.59. The van der Waals surface area contributed by atoms with Gasteiger partial charge in [0, 0.05) is 31.0 Å². The van der Waals surface area contributed by atoms with Crippen molar-refractivity contribution in [1.82, 2.24) is 15.4 Å². The van der Waals surface area contributed by atoms with Gasteiger partial charge in [-0.1, -0.05) is 30.3 Å². The summed E-state index contributed by atoms with van der Waals surface area (Å²) in [6.45, 7) is 7.75. The second-order valence-electron chi connectivity index (χ2n) is 10.5. The lowest BCUT2D eigenvalue weighted by atomic mass is 9.97. The number of fused-ring (bicyclic) bond motifs is 1. The predicted molar refractivity (Wildman–Crippen MR) is 150 cm³/mol. The summed E-state index contributed by atoms with van der Waals surface area (Å²) in [5.41, 5.74) is 0.836. The van der Waals surface area contributed by atoms with E-state index in [1.807, 2.05) is 26.8 Å². The van der Waals surface area contributed by atoms with Crippen LogP contribution in [-0.4, -0.2) is 47.2 Å². The molecule has 2 aromatic carbocycles. The highest BCUT2D eigenvalue weighted by Crippen LogP contribution is 2.34. The van der Waals surface area contributed by atoms with Gasteiger partial charge < -0.3 is 34.3 Å². The van der Waals surface area contributed by atoms with E-state index in [0.717, 1.165) is 5.56 Å². The molecule has 3 aromatic rings. The Morgan fingerprint density at radius 1 is 1.05 bits per heavy atom. The Morgan fingerprint density at radius 3 is 2.44 bits per heavy atom. The standard InChI is InChI=1S/C30H36N4O7/c1-6-30(3,4)32-29(37)28(21-8-10-22(38-5)11-9-21)34(17-20-7-12-23-24(16-20)40-18-39-23)27(36)14-13-26(35)31-25-15-19(2)41-33-25/h7-12,15-16,28H,6,13-14,17-18H2,1-5H3,(H,32,37)(H,31,33,35)/t28-/m0/s1. The van der Waals surface area contributed by atoms with Crippen LogP contribution >= 0.6 is 0 Å². The molecule has 0 radical (unpaired) electrons. The van der Waals surface area contributed by atoms with Crippen molar-refractivity contribution in [3.8, 4) is 17.2 Å². The largest absolute Gasteiger partial charge is 0.497 e. The van der Waals surface area contributed by atoms with Crippen LogP contribution < -0.4 is 24.8 Å². The zero-order chi connectivity index (χ0) is 29.6. The van der Waals surface area contributed by atoms with Gasteiger partial charge in [0.1, 0.15) is 17.6 Å². The van der Waals surface area contributed by atoms with Crippen molar-refractivity contribution >= 4 is 23.5 Å². The maximum Gasteiger partial charge on any atom is 0.247 e. The van der Waals surface area contributed by atoms with Gasteiger partial charge in [-0.3, -0.25) is 14.4 Å². The molecule has 41 heavy (non-hydrogen) atoms. The Hall–Kier alpha value is -4.54. The molecule has 3 amide bonds. The second kappa shape index (κ2) is 12.8. The number of carbonyl (C=O) groups is 3. The van der Waals surface area contributed by atoms with E-state index >= 15 is 0 Å². The number of hydrogen-bond donors (Lipinski definition) is 2. The number of nitrogens with zero attached hydrogens (tertiary/aromatic N) is 2. The molecule has 0 aliphatic carbocycles. The second-order valence-corrected chi connectivity index (χ2v) is 10.5. The molecule has 0 saturated heterocycles. The van der Waals surface area contributed by atoms with E-state index in [4.69, 9.17) is 18.7 Å². The minimum atomic E-state index is -0.981. The Labute approximate surface area is 239 Å². The number of ether oxygens (including phenoxy) is 3. The van der Waals surface area contributed by atoms with Gasteiger partial charge in [0.05, 0.1) is 7.11 Å². The van der Waals surface area contributed by atoms with Gasteiger partial charge >= 0.3 is 0 Å². The normalized spacial score (nSPS) is 12.9. The molecule has 1 aliphatic heterocycles. The summed E-state index contributed by atoms with van der Waals surface area (Å²) >= 11 is 0. The van der Waals surface area contributed by atoms with Crippen molar-refractivity contribution in [1.29, 1.82) is 0 Å². The van der Waals surface area contributed by atoms with E-state index in [9.17, 15) is 14.4 Å². The summed E-state index contributed by atoms with van der Waals surface area (Å²) in [6, 6.07) is 13.0. The van der Waals surface area contributed by atoms with Crippen LogP contribution in [0.5, 0.6) is 17.2 Å². The van der Waals surface area contributed by atoms with E-state index in [1.165, 1.54) is 4.90 Å². The molecular formula is C30H36N4O7. The number of nitrogens with one attached hydrogen (secondary N) is 2. The molecule has 11 heteroatoms. The van der Waals surface area contributed by atoms with Crippen LogP contribution in [-0.2, 0) is 20.9 Å². The summed E-state index contributed by atoms with van der Waals surface area (Å²) in [5, 5.41) is 9.48. The number of hydrogen-bond acceptors (Lipinski definition) is 8. The number of anilines is 1. The highest BCUT2D eigenvalue weighted by Gasteiger charge is 2.34. The first-order chi connectivity index (χ1) is 19.6. The molecular weight excluding hydrogens is 528 g/mol. The van der Waals surface area contributed by atoms with Crippen molar-refractivity contribution in [2.75, 3.05) is 19.2 Å². The molecule has 0 fully saturated rings. The number of methoxy groups -OCH3 is 1. The maximum atomic E-state index is 13.9. The van der Waals surface area contributed by atoms with E-state index in [1.54, 1.807) is 56.5 Å². The fraction of sp³-hybridized carbons (Fsp3) is 0.400. The van der Waals surface area contributed by atoms with Crippen LogP contribution in [0, 0.1) is 6.92 Å². The van der Waals surface area contributed by atoms with Crippen LogP contribution in [0.15, 0.2) is 53.1 Å². The highest BCUT2D eigenvalue weighted by molar-refractivity contribution is 5.94. The van der Waals surface area contributed by atoms with Crippen LogP contribution in [0.25, 0.3) is 0 Å². The molecule has 1 atom stereocenters. The Morgan fingerprint density at radius 2 is 1.78 bits per heavy atom. The molecule has 218 valence electrons. The van der Waals surface area contributed by atoms with Crippen molar-refractivity contribution in [2.24, 2.45) is 0 Å². The Kier molecular flexibility index (Phi) is 9.16. The first kappa shape index (κ1) is 29.4. The van der Waals surface area contributed by atoms with Crippen LogP contribution in [0.2, 0.25) is 0 Å². The monoisotopic (exact) mass is 564 g/mol. The van der Waals surface area contributed by atoms with Gasteiger partial charge in [0.25, 0.3) is 0 Å². The van der Waals surface area contributed by atoms with Crippen molar-refractivity contribution in [3.63, 3.8) is 0 Å². The minimum Gasteiger partial charge on any atom is -0.497 e. The maximum absolute atomic E-state index is 13.9. The van der Waals surface area contributed by atoms with Gasteiger partial charge in [-0.15, -0.1) is 0 Å². The van der Waals surface area contributed by atoms with Gasteiger partial charge in [0.15, 0.2) is 17.3 Å². The number of aromatic nitrogens is 1. The van der Waals surface area contributed by atoms with Crippen LogP contribution in [0.4, 0.5) is 5.82 Å². The fourth-order valence-electron chi connectivity index (χ4n) is 4.30. The number of benzene rings is 2. The van der Waals surface area contributed by atoms with Crippen molar-refractivity contribution < 1.29 is 33.1 Å². The quantitative estimate of drug-likeness (QED) is 0.328. The number of carbonyl (C=O) groups excluding carboxylic acids is 3. The van der Waals surface area contributed by atoms with Gasteiger partial charge in [-0.25, -0.2) is 0 Å². The molecule has 0 unspecified atom stereocenters. The third-order valence-electron chi connectivity index (χ3n) is 6.91. The van der Waals surface area contributed by atoms with E-state index in [2.05, 4.69) is 15.8 Å². The van der Waals surface area contributed by atoms with Gasteiger partial charge in [0.2, 0.25) is 24.5 Å². The van der Waals surface area contributed by atoms with Crippen molar-refractivity contribution in [3.05, 3.63) is 65.4 Å². The molecule has 0 saturated carbocycles. The van der Waals surface area contributed by atoms with Crippen LogP contribution in [0.3, 0.4) is 0 Å². The summed E-state index contributed by atoms with van der Waals surface area (Å²) < 4.78 is 21.3. The van der Waals surface area contributed by atoms with Gasteiger partial charge in [-0.05, 0) is 62.6 Å². The first-order valence-electron chi connectivity index (χ1n) is 13.5. The topological polar surface area (TPSA) is 132 Å². The fourth-order valence-corrected chi connectivity index (χ4v) is 4.30. The lowest BCUT2D eigenvalue weighted by Crippen LogP contribution is -2.50. The van der Waals surface area contributed by atoms with E-state index in [-0.39, 0.29) is 43.8 Å². The summed E-state index contributed by atoms with van der Waals surface area (Å²) in [6.07, 6.45) is 0.440. The van der Waals surface area contributed by atoms with Crippen molar-refractivity contribution in [2.45, 2.75) is 65.1 Å². The van der Waals surface area contributed by atoms with E-state index < -0.39 is 17.5 Å². The Balaban J connectivity index is 1.65. The molecule has 4 rings (SSSR count). The molecule has 0 bridgehead atoms. The SMILES string of the molecule is CCC(C)(C)NC(=O)[C@H](c1ccc(OC)cc1)N(Cc1ccc2c(c1)OCO2)C(=O)CCC(=O)Nc1cc(C)on1. The lowest BCUT2D eigenvalue weighted by Gasteiger charge is -2.35. The number of amides is 3. The Bertz CT molecular complexity index is 1380. The highest BCUT2D eigenvalue weighted by atomic mass is 16.7. The molecule has 1 aromatic heterocycles. The zero-order valence-electron chi connectivity index (χ0n) is 24.0. The number of aryl methyl sites for hydroxylation is 1. The zero-order valence-corrected chi connectivity index (χ0v) is 24.0. The molecule has 1 aliphatic rings. The summed E-state index contributed by atoms with van der Waals surface area (Å²) in [5.74, 6) is 1.51. The third kappa shape index (κ3) is 7.56. The minimum absolute atomic E-state index is 0.0935. The average molecular weight is 565 g/mol. The van der Waals surface area contributed by atoms with Gasteiger partial charge in [-0.2, -0.15) is 0 Å². The summed E-state index contributed by atoms with van der Waals surface area (Å²) in [4.78, 5) is 41.9. The molecule has 0 spiro atoms. The van der Waals surface area contributed by atoms with Crippen LogP contribution in [0.1, 0.15) is 63.0 Å². The number of rotatable bonds is 12. The molecule has 11 nitrogen and oxygen atoms in total. The smallest absolute Gasteiger partial charge is 0.247 e.